The fraction of sp³-hybridized carbons (Fsp3) is 0. The Hall–Kier alpha value is -2.58. The fourth-order valence-corrected chi connectivity index (χ4v) is 2.36. The van der Waals surface area contributed by atoms with Gasteiger partial charge in [-0.3, -0.25) is 0 Å². The molecule has 3 aromatic rings. The molecule has 0 fully saturated rings. The van der Waals surface area contributed by atoms with Gasteiger partial charge in [0.05, 0.1) is 5.69 Å². The van der Waals surface area contributed by atoms with Gasteiger partial charge in [-0.25, -0.2) is 4.98 Å². The van der Waals surface area contributed by atoms with Crippen LogP contribution in [0.25, 0.3) is 10.8 Å². The molecule has 3 rings (SSSR count). The van der Waals surface area contributed by atoms with Crippen molar-refractivity contribution in [1.82, 2.24) is 4.98 Å². The molecule has 1 heterocycles. The molecule has 0 saturated heterocycles. The number of nitrogens with zero attached hydrogens (tertiary/aromatic N) is 2. The lowest BCUT2D eigenvalue weighted by Crippen LogP contribution is -1.96. The molecule has 0 amide bonds. The molecule has 0 aliphatic carbocycles. The van der Waals surface area contributed by atoms with Crippen LogP contribution in [0.4, 0.5) is 5.69 Å². The van der Waals surface area contributed by atoms with E-state index in [9.17, 15) is 0 Å². The Morgan fingerprint density at radius 3 is 2.62 bits per heavy atom. The maximum Gasteiger partial charge on any atom is 0.220 e. The summed E-state index contributed by atoms with van der Waals surface area (Å²) in [5, 5.41) is 11.1. The van der Waals surface area contributed by atoms with E-state index in [2.05, 4.69) is 20.9 Å². The van der Waals surface area contributed by atoms with Gasteiger partial charge in [-0.05, 0) is 41.1 Å². The molecule has 0 aliphatic heterocycles. The first kappa shape index (κ1) is 13.4. The van der Waals surface area contributed by atoms with E-state index in [1.807, 2.05) is 42.5 Å². The number of hydrogen-bond donors (Lipinski definition) is 1. The van der Waals surface area contributed by atoms with Crippen molar-refractivity contribution in [3.8, 4) is 17.7 Å². The van der Waals surface area contributed by atoms with Crippen LogP contribution in [-0.2, 0) is 0 Å². The van der Waals surface area contributed by atoms with Crippen molar-refractivity contribution in [2.75, 3.05) is 5.73 Å². The van der Waals surface area contributed by atoms with Gasteiger partial charge in [0.1, 0.15) is 11.8 Å². The maximum atomic E-state index is 8.92. The number of pyridine rings is 1. The maximum absolute atomic E-state index is 8.92. The third-order valence-corrected chi connectivity index (χ3v) is 3.50. The van der Waals surface area contributed by atoms with Gasteiger partial charge < -0.3 is 10.5 Å². The standard InChI is InChI=1S/C16H10BrN3O/c17-12-3-1-11-8-13(4-2-10(11)7-12)21-16-6-5-14(19)15(9-18)20-16/h1-8H,19H2. The number of fused-ring (bicyclic) bond motifs is 1. The fourth-order valence-electron chi connectivity index (χ4n) is 1.98. The zero-order valence-corrected chi connectivity index (χ0v) is 12.5. The molecule has 0 radical (unpaired) electrons. The SMILES string of the molecule is N#Cc1nc(Oc2ccc3cc(Br)ccc3c2)ccc1N. The third kappa shape index (κ3) is 2.81. The second kappa shape index (κ2) is 5.43. The number of ether oxygens (including phenoxy) is 1. The third-order valence-electron chi connectivity index (χ3n) is 3.00. The van der Waals surface area contributed by atoms with Crippen LogP contribution in [0.5, 0.6) is 11.6 Å². The summed E-state index contributed by atoms with van der Waals surface area (Å²) >= 11 is 3.44. The molecule has 21 heavy (non-hydrogen) atoms. The molecule has 0 spiro atoms. The summed E-state index contributed by atoms with van der Waals surface area (Å²) in [4.78, 5) is 4.06. The van der Waals surface area contributed by atoms with Gasteiger partial charge in [0, 0.05) is 10.5 Å². The lowest BCUT2D eigenvalue weighted by Gasteiger charge is -2.07. The predicted molar refractivity (Wildman–Crippen MR) is 85.1 cm³/mol. The lowest BCUT2D eigenvalue weighted by atomic mass is 10.1. The minimum absolute atomic E-state index is 0.164. The highest BCUT2D eigenvalue weighted by Gasteiger charge is 2.05. The summed E-state index contributed by atoms with van der Waals surface area (Å²) in [5.74, 6) is 1.00. The molecule has 4 nitrogen and oxygen atoms in total. The Balaban J connectivity index is 1.95. The minimum Gasteiger partial charge on any atom is -0.439 e. The monoisotopic (exact) mass is 339 g/mol. The van der Waals surface area contributed by atoms with Crippen molar-refractivity contribution in [3.63, 3.8) is 0 Å². The summed E-state index contributed by atoms with van der Waals surface area (Å²) in [6, 6.07) is 17.0. The van der Waals surface area contributed by atoms with Crippen LogP contribution in [0.2, 0.25) is 0 Å². The Morgan fingerprint density at radius 2 is 1.81 bits per heavy atom. The van der Waals surface area contributed by atoms with Crippen LogP contribution in [0, 0.1) is 11.3 Å². The number of aromatic nitrogens is 1. The second-order valence-electron chi connectivity index (χ2n) is 4.45. The highest BCUT2D eigenvalue weighted by Crippen LogP contribution is 2.27. The number of nitrogens with two attached hydrogens (primary N) is 1. The first-order chi connectivity index (χ1) is 10.2. The van der Waals surface area contributed by atoms with Crippen molar-refractivity contribution in [2.24, 2.45) is 0 Å². The first-order valence-corrected chi connectivity index (χ1v) is 6.99. The van der Waals surface area contributed by atoms with Crippen LogP contribution >= 0.6 is 15.9 Å². The summed E-state index contributed by atoms with van der Waals surface area (Å²) < 4.78 is 6.71. The Bertz CT molecular complexity index is 871. The van der Waals surface area contributed by atoms with Crippen molar-refractivity contribution >= 4 is 32.4 Å². The number of nitrogen functional groups attached to an aromatic ring is 1. The largest absolute Gasteiger partial charge is 0.439 e. The van der Waals surface area contributed by atoms with E-state index in [0.29, 0.717) is 17.3 Å². The van der Waals surface area contributed by atoms with Crippen LogP contribution < -0.4 is 10.5 Å². The van der Waals surface area contributed by atoms with Crippen molar-refractivity contribution in [2.45, 2.75) is 0 Å². The number of halogens is 1. The summed E-state index contributed by atoms with van der Waals surface area (Å²) in [5.41, 5.74) is 6.14. The number of benzene rings is 2. The van der Waals surface area contributed by atoms with Gasteiger partial charge in [-0.1, -0.05) is 28.1 Å². The molecular weight excluding hydrogens is 330 g/mol. The van der Waals surface area contributed by atoms with Crippen LogP contribution in [-0.4, -0.2) is 4.98 Å². The van der Waals surface area contributed by atoms with E-state index < -0.39 is 0 Å². The molecule has 0 unspecified atom stereocenters. The average molecular weight is 340 g/mol. The second-order valence-corrected chi connectivity index (χ2v) is 5.37. The molecule has 102 valence electrons. The van der Waals surface area contributed by atoms with E-state index in [4.69, 9.17) is 15.7 Å². The zero-order chi connectivity index (χ0) is 14.8. The zero-order valence-electron chi connectivity index (χ0n) is 10.9. The normalized spacial score (nSPS) is 10.3. The molecule has 5 heteroatoms. The number of anilines is 1. The summed E-state index contributed by atoms with van der Waals surface area (Å²) in [7, 11) is 0. The quantitative estimate of drug-likeness (QED) is 0.757. The highest BCUT2D eigenvalue weighted by molar-refractivity contribution is 9.10. The topological polar surface area (TPSA) is 71.9 Å². The van der Waals surface area contributed by atoms with E-state index in [1.165, 1.54) is 0 Å². The van der Waals surface area contributed by atoms with E-state index in [0.717, 1.165) is 15.2 Å². The van der Waals surface area contributed by atoms with Crippen LogP contribution in [0.3, 0.4) is 0 Å². The van der Waals surface area contributed by atoms with E-state index in [-0.39, 0.29) is 5.69 Å². The number of nitriles is 1. The molecular formula is C16H10BrN3O. The van der Waals surface area contributed by atoms with Gasteiger partial charge in [0.15, 0.2) is 5.69 Å². The van der Waals surface area contributed by atoms with E-state index >= 15 is 0 Å². The van der Waals surface area contributed by atoms with E-state index in [1.54, 1.807) is 12.1 Å². The molecule has 0 bridgehead atoms. The molecule has 2 N–H and O–H groups in total. The Kier molecular flexibility index (Phi) is 3.46. The summed E-state index contributed by atoms with van der Waals surface area (Å²) in [6.45, 7) is 0. The van der Waals surface area contributed by atoms with Gasteiger partial charge in [-0.2, -0.15) is 5.26 Å². The number of rotatable bonds is 2. The lowest BCUT2D eigenvalue weighted by molar-refractivity contribution is 0.463. The molecule has 0 aliphatic rings. The van der Waals surface area contributed by atoms with Gasteiger partial charge in [0.25, 0.3) is 0 Å². The number of hydrogen-bond acceptors (Lipinski definition) is 4. The van der Waals surface area contributed by atoms with Crippen molar-refractivity contribution < 1.29 is 4.74 Å². The van der Waals surface area contributed by atoms with Crippen LogP contribution in [0.1, 0.15) is 5.69 Å². The van der Waals surface area contributed by atoms with Crippen molar-refractivity contribution in [1.29, 1.82) is 5.26 Å². The molecule has 1 aromatic heterocycles. The smallest absolute Gasteiger partial charge is 0.220 e. The minimum atomic E-state index is 0.164. The van der Waals surface area contributed by atoms with Gasteiger partial charge in [0.2, 0.25) is 5.88 Å². The Labute approximate surface area is 129 Å². The molecule has 0 atom stereocenters. The first-order valence-electron chi connectivity index (χ1n) is 6.19. The average Bonchev–Trinajstić information content (AvgIpc) is 2.49. The van der Waals surface area contributed by atoms with Gasteiger partial charge >= 0.3 is 0 Å². The Morgan fingerprint density at radius 1 is 1.05 bits per heavy atom. The molecule has 2 aromatic carbocycles. The molecule has 0 saturated carbocycles. The summed E-state index contributed by atoms with van der Waals surface area (Å²) in [6.07, 6.45) is 0. The highest BCUT2D eigenvalue weighted by atomic mass is 79.9. The van der Waals surface area contributed by atoms with Gasteiger partial charge in [-0.15, -0.1) is 0 Å². The van der Waals surface area contributed by atoms with Crippen LogP contribution in [0.15, 0.2) is 53.0 Å². The van der Waals surface area contributed by atoms with Crippen molar-refractivity contribution in [3.05, 3.63) is 58.7 Å². The predicted octanol–water partition coefficient (Wildman–Crippen LogP) is 4.24.